The molecule has 0 aliphatic rings. The monoisotopic (exact) mass is 268 g/mol. The molecule has 0 heterocycles. The molecule has 0 saturated heterocycles. The normalized spacial score (nSPS) is 12.5. The highest BCUT2D eigenvalue weighted by molar-refractivity contribution is 5.96. The first-order chi connectivity index (χ1) is 8.99. The van der Waals surface area contributed by atoms with Gasteiger partial charge in [-0.15, -0.1) is 0 Å². The van der Waals surface area contributed by atoms with E-state index in [4.69, 9.17) is 5.73 Å². The standard InChI is InChI=1S/C14H21FN2O2/c1-3-9(4-2)12(16)8-17-14(19)11-6-5-10(15)7-13(11)18/h5-7,9,12,18H,3-4,8,16H2,1-2H3,(H,17,19). The van der Waals surface area contributed by atoms with Gasteiger partial charge in [0.1, 0.15) is 11.6 Å². The second-order valence-corrected chi connectivity index (χ2v) is 4.61. The first-order valence-corrected chi connectivity index (χ1v) is 6.51. The first kappa shape index (κ1) is 15.4. The summed E-state index contributed by atoms with van der Waals surface area (Å²) in [4.78, 5) is 11.8. The lowest BCUT2D eigenvalue weighted by Crippen LogP contribution is -2.41. The fourth-order valence-electron chi connectivity index (χ4n) is 2.06. The van der Waals surface area contributed by atoms with E-state index in [2.05, 4.69) is 19.2 Å². The molecule has 0 fully saturated rings. The van der Waals surface area contributed by atoms with Crippen LogP contribution in [0.15, 0.2) is 18.2 Å². The van der Waals surface area contributed by atoms with E-state index >= 15 is 0 Å². The third kappa shape index (κ3) is 4.21. The summed E-state index contributed by atoms with van der Waals surface area (Å²) in [6.45, 7) is 4.45. The van der Waals surface area contributed by atoms with Crippen LogP contribution in [-0.2, 0) is 0 Å². The summed E-state index contributed by atoms with van der Waals surface area (Å²) in [5.41, 5.74) is 6.04. The summed E-state index contributed by atoms with van der Waals surface area (Å²) < 4.78 is 12.8. The number of carbonyl (C=O) groups is 1. The van der Waals surface area contributed by atoms with E-state index in [9.17, 15) is 14.3 Å². The number of hydrogen-bond donors (Lipinski definition) is 3. The number of amides is 1. The zero-order chi connectivity index (χ0) is 14.4. The highest BCUT2D eigenvalue weighted by Crippen LogP contribution is 2.18. The zero-order valence-corrected chi connectivity index (χ0v) is 11.3. The first-order valence-electron chi connectivity index (χ1n) is 6.51. The van der Waals surface area contributed by atoms with Crippen LogP contribution in [0.1, 0.15) is 37.0 Å². The van der Waals surface area contributed by atoms with Gasteiger partial charge in [-0.25, -0.2) is 4.39 Å². The number of hydrogen-bond acceptors (Lipinski definition) is 3. The Balaban J connectivity index is 2.60. The Bertz CT molecular complexity index is 433. The SMILES string of the molecule is CCC(CC)C(N)CNC(=O)c1ccc(F)cc1O. The van der Waals surface area contributed by atoms with Gasteiger partial charge in [-0.05, 0) is 18.1 Å². The molecule has 0 saturated carbocycles. The molecule has 1 unspecified atom stereocenters. The summed E-state index contributed by atoms with van der Waals surface area (Å²) in [5, 5.41) is 12.2. The maximum absolute atomic E-state index is 12.8. The second kappa shape index (κ2) is 7.09. The summed E-state index contributed by atoms with van der Waals surface area (Å²) in [5.74, 6) is -1.04. The molecular weight excluding hydrogens is 247 g/mol. The molecule has 1 amide bonds. The van der Waals surface area contributed by atoms with Crippen LogP contribution in [0.4, 0.5) is 4.39 Å². The molecule has 1 atom stereocenters. The lowest BCUT2D eigenvalue weighted by Gasteiger charge is -2.21. The van der Waals surface area contributed by atoms with Gasteiger partial charge in [0.15, 0.2) is 0 Å². The number of phenolic OH excluding ortho intramolecular Hbond substituents is 1. The van der Waals surface area contributed by atoms with Crippen LogP contribution in [0, 0.1) is 11.7 Å². The minimum Gasteiger partial charge on any atom is -0.507 e. The number of nitrogens with two attached hydrogens (primary N) is 1. The van der Waals surface area contributed by atoms with Crippen LogP contribution in [-0.4, -0.2) is 23.6 Å². The van der Waals surface area contributed by atoms with Crippen molar-refractivity contribution in [1.82, 2.24) is 5.32 Å². The van der Waals surface area contributed by atoms with Crippen molar-refractivity contribution in [3.8, 4) is 5.75 Å². The predicted molar refractivity (Wildman–Crippen MR) is 72.4 cm³/mol. The third-order valence-electron chi connectivity index (χ3n) is 3.36. The number of phenols is 1. The lowest BCUT2D eigenvalue weighted by atomic mass is 9.95. The van der Waals surface area contributed by atoms with E-state index in [1.165, 1.54) is 6.07 Å². The van der Waals surface area contributed by atoms with Gasteiger partial charge >= 0.3 is 0 Å². The minimum absolute atomic E-state index is 0.0538. The number of halogens is 1. The smallest absolute Gasteiger partial charge is 0.255 e. The maximum atomic E-state index is 12.8. The fraction of sp³-hybridized carbons (Fsp3) is 0.500. The van der Waals surface area contributed by atoms with Gasteiger partial charge in [0, 0.05) is 18.7 Å². The molecular formula is C14H21FN2O2. The van der Waals surface area contributed by atoms with Crippen LogP contribution in [0.2, 0.25) is 0 Å². The summed E-state index contributed by atoms with van der Waals surface area (Å²) >= 11 is 0. The number of rotatable bonds is 6. The van der Waals surface area contributed by atoms with E-state index < -0.39 is 11.7 Å². The molecule has 0 aliphatic carbocycles. The Hall–Kier alpha value is -1.62. The van der Waals surface area contributed by atoms with Crippen molar-refractivity contribution < 1.29 is 14.3 Å². The van der Waals surface area contributed by atoms with Crippen LogP contribution < -0.4 is 11.1 Å². The average Bonchev–Trinajstić information content (AvgIpc) is 2.37. The average molecular weight is 268 g/mol. The molecule has 0 radical (unpaired) electrons. The summed E-state index contributed by atoms with van der Waals surface area (Å²) in [6.07, 6.45) is 1.91. The molecule has 4 N–H and O–H groups in total. The molecule has 106 valence electrons. The third-order valence-corrected chi connectivity index (χ3v) is 3.36. The molecule has 1 rings (SSSR count). The van der Waals surface area contributed by atoms with E-state index in [0.717, 1.165) is 25.0 Å². The van der Waals surface area contributed by atoms with E-state index in [-0.39, 0.29) is 17.4 Å². The molecule has 0 aromatic heterocycles. The number of carbonyl (C=O) groups excluding carboxylic acids is 1. The number of nitrogens with one attached hydrogen (secondary N) is 1. The van der Waals surface area contributed by atoms with Crippen molar-refractivity contribution in [3.63, 3.8) is 0 Å². The van der Waals surface area contributed by atoms with Crippen LogP contribution >= 0.6 is 0 Å². The van der Waals surface area contributed by atoms with Crippen LogP contribution in [0.3, 0.4) is 0 Å². The van der Waals surface area contributed by atoms with Crippen LogP contribution in [0.5, 0.6) is 5.75 Å². The van der Waals surface area contributed by atoms with Crippen LogP contribution in [0.25, 0.3) is 0 Å². The Morgan fingerprint density at radius 1 is 1.42 bits per heavy atom. The molecule has 1 aromatic carbocycles. The Labute approximate surface area is 112 Å². The largest absolute Gasteiger partial charge is 0.507 e. The topological polar surface area (TPSA) is 75.3 Å². The predicted octanol–water partition coefficient (Wildman–Crippen LogP) is 2.02. The van der Waals surface area contributed by atoms with Crippen molar-refractivity contribution in [3.05, 3.63) is 29.6 Å². The minimum atomic E-state index is -0.581. The lowest BCUT2D eigenvalue weighted by molar-refractivity contribution is 0.0945. The zero-order valence-electron chi connectivity index (χ0n) is 11.3. The highest BCUT2D eigenvalue weighted by Gasteiger charge is 2.17. The Morgan fingerprint density at radius 3 is 2.58 bits per heavy atom. The van der Waals surface area contributed by atoms with Gasteiger partial charge in [0.25, 0.3) is 5.91 Å². The van der Waals surface area contributed by atoms with Crippen molar-refractivity contribution in [1.29, 1.82) is 0 Å². The molecule has 19 heavy (non-hydrogen) atoms. The fourth-order valence-corrected chi connectivity index (χ4v) is 2.06. The molecule has 0 spiro atoms. The second-order valence-electron chi connectivity index (χ2n) is 4.61. The molecule has 0 aliphatic heterocycles. The van der Waals surface area contributed by atoms with Gasteiger partial charge in [-0.2, -0.15) is 0 Å². The van der Waals surface area contributed by atoms with Gasteiger partial charge in [-0.1, -0.05) is 26.7 Å². The van der Waals surface area contributed by atoms with Gasteiger partial charge < -0.3 is 16.2 Å². The van der Waals surface area contributed by atoms with Crippen molar-refractivity contribution in [2.24, 2.45) is 11.7 Å². The molecule has 0 bridgehead atoms. The van der Waals surface area contributed by atoms with E-state index in [1.54, 1.807) is 0 Å². The van der Waals surface area contributed by atoms with Crippen molar-refractivity contribution >= 4 is 5.91 Å². The number of benzene rings is 1. The van der Waals surface area contributed by atoms with Crippen molar-refractivity contribution in [2.45, 2.75) is 32.7 Å². The van der Waals surface area contributed by atoms with E-state index in [0.29, 0.717) is 12.5 Å². The number of aromatic hydroxyl groups is 1. The summed E-state index contributed by atoms with van der Waals surface area (Å²) in [7, 11) is 0. The molecule has 5 heteroatoms. The highest BCUT2D eigenvalue weighted by atomic mass is 19.1. The summed E-state index contributed by atoms with van der Waals surface area (Å²) in [6, 6.07) is 3.18. The van der Waals surface area contributed by atoms with Crippen molar-refractivity contribution in [2.75, 3.05) is 6.54 Å². The Kier molecular flexibility index (Phi) is 5.76. The molecule has 4 nitrogen and oxygen atoms in total. The quantitative estimate of drug-likeness (QED) is 0.739. The van der Waals surface area contributed by atoms with Gasteiger partial charge in [0.05, 0.1) is 5.56 Å². The maximum Gasteiger partial charge on any atom is 0.255 e. The van der Waals surface area contributed by atoms with Gasteiger partial charge in [0.2, 0.25) is 0 Å². The Morgan fingerprint density at radius 2 is 2.05 bits per heavy atom. The molecule has 1 aromatic rings. The van der Waals surface area contributed by atoms with Gasteiger partial charge in [-0.3, -0.25) is 4.79 Å². The van der Waals surface area contributed by atoms with E-state index in [1.807, 2.05) is 0 Å².